The average molecular weight is 401 g/mol. The van der Waals surface area contributed by atoms with Gasteiger partial charge in [-0.15, -0.1) is 0 Å². The minimum atomic E-state index is -4.61. The van der Waals surface area contributed by atoms with Crippen molar-refractivity contribution in [3.8, 4) is 6.01 Å². The van der Waals surface area contributed by atoms with Crippen molar-refractivity contribution >= 4 is 22.7 Å². The largest absolute Gasteiger partial charge is 0.460 e. The molecule has 0 aliphatic heterocycles. The summed E-state index contributed by atoms with van der Waals surface area (Å²) in [5, 5.41) is -0.312. The zero-order chi connectivity index (χ0) is 19.8. The summed E-state index contributed by atoms with van der Waals surface area (Å²) in [6.07, 6.45) is -4.19. The molecular weight excluding hydrogens is 389 g/mol. The molecule has 0 unspecified atom stereocenters. The Hall–Kier alpha value is -2.81. The molecule has 0 spiro atoms. The van der Waals surface area contributed by atoms with Crippen LogP contribution in [0.2, 0.25) is 5.02 Å². The van der Waals surface area contributed by atoms with Gasteiger partial charge in [0.25, 0.3) is 11.6 Å². The molecule has 1 N–H and O–H groups in total. The van der Waals surface area contributed by atoms with Gasteiger partial charge in [0, 0.05) is 6.07 Å². The molecule has 3 rings (SSSR count). The normalized spacial score (nSPS) is 11.7. The molecule has 0 amide bonds. The van der Waals surface area contributed by atoms with Crippen LogP contribution >= 0.6 is 11.6 Å². The van der Waals surface area contributed by atoms with E-state index in [2.05, 4.69) is 9.97 Å². The highest BCUT2D eigenvalue weighted by atomic mass is 35.5. The maximum atomic E-state index is 12.9. The Labute approximate surface area is 154 Å². The van der Waals surface area contributed by atoms with Gasteiger partial charge in [-0.1, -0.05) is 24.6 Å². The van der Waals surface area contributed by atoms with E-state index in [9.17, 15) is 22.8 Å². The number of aromatic nitrogens is 2. The van der Waals surface area contributed by atoms with Crippen molar-refractivity contribution in [2.45, 2.75) is 26.1 Å². The molecule has 0 radical (unpaired) electrons. The summed E-state index contributed by atoms with van der Waals surface area (Å²) < 4.78 is 48.9. The molecule has 2 aromatic heterocycles. The SMILES string of the molecule is CCc1cc(=O)oc2nc(OCc3ccc(Cl)c(C(F)(F)F)c3)[nH]c(=O)c12. The number of benzene rings is 1. The number of halogens is 4. The average Bonchev–Trinajstić information content (AvgIpc) is 2.58. The minimum Gasteiger partial charge on any atom is -0.460 e. The smallest absolute Gasteiger partial charge is 0.417 e. The first-order chi connectivity index (χ1) is 12.7. The van der Waals surface area contributed by atoms with Gasteiger partial charge in [0.2, 0.25) is 5.71 Å². The van der Waals surface area contributed by atoms with E-state index in [1.54, 1.807) is 6.92 Å². The van der Waals surface area contributed by atoms with Crippen LogP contribution in [0.25, 0.3) is 11.1 Å². The Morgan fingerprint density at radius 1 is 1.26 bits per heavy atom. The Balaban J connectivity index is 1.92. The lowest BCUT2D eigenvalue weighted by Gasteiger charge is -2.11. The van der Waals surface area contributed by atoms with Crippen LogP contribution in [0.15, 0.2) is 38.3 Å². The molecule has 142 valence electrons. The van der Waals surface area contributed by atoms with Crippen molar-refractivity contribution in [1.29, 1.82) is 0 Å². The Morgan fingerprint density at radius 2 is 2.00 bits per heavy atom. The van der Waals surface area contributed by atoms with E-state index in [-0.39, 0.29) is 29.3 Å². The number of hydrogen-bond acceptors (Lipinski definition) is 5. The van der Waals surface area contributed by atoms with Crippen molar-refractivity contribution in [3.63, 3.8) is 0 Å². The van der Waals surface area contributed by atoms with E-state index in [0.29, 0.717) is 12.0 Å². The maximum Gasteiger partial charge on any atom is 0.417 e. The molecule has 0 saturated carbocycles. The van der Waals surface area contributed by atoms with Crippen molar-refractivity contribution in [3.05, 3.63) is 66.8 Å². The first-order valence-electron chi connectivity index (χ1n) is 7.74. The van der Waals surface area contributed by atoms with Gasteiger partial charge in [-0.25, -0.2) is 4.79 Å². The molecule has 0 fully saturated rings. The Bertz CT molecular complexity index is 1120. The predicted octanol–water partition coefficient (Wildman–Crippen LogP) is 3.69. The van der Waals surface area contributed by atoms with Crippen LogP contribution in [0, 0.1) is 0 Å². The highest BCUT2D eigenvalue weighted by Crippen LogP contribution is 2.35. The second-order valence-electron chi connectivity index (χ2n) is 5.60. The Morgan fingerprint density at radius 3 is 2.67 bits per heavy atom. The molecule has 2 heterocycles. The van der Waals surface area contributed by atoms with Crippen LogP contribution in [0.3, 0.4) is 0 Å². The van der Waals surface area contributed by atoms with Crippen LogP contribution in [-0.2, 0) is 19.2 Å². The van der Waals surface area contributed by atoms with E-state index in [1.807, 2.05) is 0 Å². The van der Waals surface area contributed by atoms with Crippen LogP contribution < -0.4 is 15.9 Å². The molecule has 3 aromatic rings. The lowest BCUT2D eigenvalue weighted by Crippen LogP contribution is -2.15. The number of hydrogen-bond donors (Lipinski definition) is 1. The molecule has 0 aliphatic carbocycles. The number of nitrogens with one attached hydrogen (secondary N) is 1. The van der Waals surface area contributed by atoms with Gasteiger partial charge < -0.3 is 9.15 Å². The zero-order valence-corrected chi connectivity index (χ0v) is 14.6. The summed E-state index contributed by atoms with van der Waals surface area (Å²) in [4.78, 5) is 30.1. The number of aryl methyl sites for hydroxylation is 1. The van der Waals surface area contributed by atoms with Gasteiger partial charge in [-0.2, -0.15) is 18.2 Å². The first-order valence-corrected chi connectivity index (χ1v) is 8.12. The highest BCUT2D eigenvalue weighted by Gasteiger charge is 2.33. The summed E-state index contributed by atoms with van der Waals surface area (Å²) in [7, 11) is 0. The molecule has 0 saturated heterocycles. The lowest BCUT2D eigenvalue weighted by atomic mass is 10.1. The summed E-state index contributed by atoms with van der Waals surface area (Å²) in [6, 6.07) is 4.22. The quantitative estimate of drug-likeness (QED) is 0.722. The minimum absolute atomic E-state index is 0.121. The molecule has 1 aromatic carbocycles. The molecule has 10 heteroatoms. The van der Waals surface area contributed by atoms with Gasteiger partial charge in [-0.05, 0) is 29.7 Å². The van der Waals surface area contributed by atoms with Crippen LogP contribution in [0.5, 0.6) is 6.01 Å². The van der Waals surface area contributed by atoms with Crippen molar-refractivity contribution < 1.29 is 22.3 Å². The molecule has 27 heavy (non-hydrogen) atoms. The third-order valence-electron chi connectivity index (χ3n) is 3.77. The molecule has 0 aliphatic rings. The molecule has 6 nitrogen and oxygen atoms in total. The fourth-order valence-electron chi connectivity index (χ4n) is 2.51. The summed E-state index contributed by atoms with van der Waals surface area (Å²) >= 11 is 5.56. The van der Waals surface area contributed by atoms with Crippen LogP contribution in [-0.4, -0.2) is 9.97 Å². The van der Waals surface area contributed by atoms with Gasteiger partial charge in [0.1, 0.15) is 12.0 Å². The van der Waals surface area contributed by atoms with Crippen LogP contribution in [0.4, 0.5) is 13.2 Å². The van der Waals surface area contributed by atoms with Gasteiger partial charge in [0.05, 0.1) is 10.6 Å². The van der Waals surface area contributed by atoms with E-state index >= 15 is 0 Å². The zero-order valence-electron chi connectivity index (χ0n) is 13.8. The number of alkyl halides is 3. The topological polar surface area (TPSA) is 85.2 Å². The van der Waals surface area contributed by atoms with E-state index in [0.717, 1.165) is 12.1 Å². The van der Waals surface area contributed by atoms with Gasteiger partial charge >= 0.3 is 11.8 Å². The van der Waals surface area contributed by atoms with Gasteiger partial charge in [-0.3, -0.25) is 9.78 Å². The number of fused-ring (bicyclic) bond motifs is 1. The predicted molar refractivity (Wildman–Crippen MR) is 91.1 cm³/mol. The number of ether oxygens (including phenoxy) is 1. The highest BCUT2D eigenvalue weighted by molar-refractivity contribution is 6.31. The van der Waals surface area contributed by atoms with Gasteiger partial charge in [0.15, 0.2) is 0 Å². The summed E-state index contributed by atoms with van der Waals surface area (Å²) in [5.41, 5.74) is -1.82. The third-order valence-corrected chi connectivity index (χ3v) is 4.10. The van der Waals surface area contributed by atoms with Crippen molar-refractivity contribution in [2.24, 2.45) is 0 Å². The molecular formula is C17H12ClF3N2O4. The van der Waals surface area contributed by atoms with E-state index in [4.69, 9.17) is 20.8 Å². The third kappa shape index (κ3) is 3.97. The fourth-order valence-corrected chi connectivity index (χ4v) is 2.73. The molecule has 0 atom stereocenters. The van der Waals surface area contributed by atoms with Crippen molar-refractivity contribution in [2.75, 3.05) is 0 Å². The maximum absolute atomic E-state index is 12.9. The standard InChI is InChI=1S/C17H12ClF3N2O4/c1-2-9-6-12(24)27-15-13(9)14(25)22-16(23-15)26-7-8-3-4-11(18)10(5-8)17(19,20)21/h3-6H,2,7H2,1H3,(H,22,23,25). The first kappa shape index (κ1) is 19.0. The van der Waals surface area contributed by atoms with Crippen LogP contribution in [0.1, 0.15) is 23.6 Å². The molecule has 0 bridgehead atoms. The summed E-state index contributed by atoms with van der Waals surface area (Å²) in [5.74, 6) is 0. The Kier molecular flexibility index (Phi) is 4.97. The summed E-state index contributed by atoms with van der Waals surface area (Å²) in [6.45, 7) is 1.45. The number of H-pyrrole nitrogens is 1. The van der Waals surface area contributed by atoms with Crippen molar-refractivity contribution in [1.82, 2.24) is 9.97 Å². The van der Waals surface area contributed by atoms with E-state index < -0.39 is 27.9 Å². The second kappa shape index (κ2) is 7.07. The monoisotopic (exact) mass is 400 g/mol. The van der Waals surface area contributed by atoms with E-state index in [1.165, 1.54) is 12.1 Å². The number of aromatic amines is 1. The number of rotatable bonds is 4. The second-order valence-corrected chi connectivity index (χ2v) is 6.00. The lowest BCUT2D eigenvalue weighted by molar-refractivity contribution is -0.137. The number of nitrogens with zero attached hydrogens (tertiary/aromatic N) is 1. The fraction of sp³-hybridized carbons (Fsp3) is 0.235.